The average molecular weight is 300 g/mol. The van der Waals surface area contributed by atoms with Gasteiger partial charge in [0.25, 0.3) is 0 Å². The van der Waals surface area contributed by atoms with Gasteiger partial charge in [-0.15, -0.1) is 0 Å². The van der Waals surface area contributed by atoms with Crippen LogP contribution in [0.3, 0.4) is 0 Å². The predicted octanol–water partition coefficient (Wildman–Crippen LogP) is 0.312. The largest absolute Gasteiger partial charge is 0.388 e. The van der Waals surface area contributed by atoms with Crippen LogP contribution in [0.4, 0.5) is 5.69 Å². The Bertz CT molecular complexity index is 550. The maximum atomic E-state index is 11.2. The number of hydrogen-bond donors (Lipinski definition) is 2. The molecule has 1 aromatic rings. The molecular formula is C13H20N2O4S. The van der Waals surface area contributed by atoms with E-state index >= 15 is 0 Å². The number of benzene rings is 1. The molecule has 0 saturated carbocycles. The summed E-state index contributed by atoms with van der Waals surface area (Å²) in [6, 6.07) is 6.30. The van der Waals surface area contributed by atoms with Crippen molar-refractivity contribution in [3.63, 3.8) is 0 Å². The van der Waals surface area contributed by atoms with Crippen molar-refractivity contribution in [2.45, 2.75) is 23.3 Å². The molecule has 1 aliphatic rings. The van der Waals surface area contributed by atoms with Gasteiger partial charge < -0.3 is 14.7 Å². The molecule has 1 aliphatic heterocycles. The first-order chi connectivity index (χ1) is 9.30. The van der Waals surface area contributed by atoms with Gasteiger partial charge >= 0.3 is 0 Å². The van der Waals surface area contributed by atoms with Gasteiger partial charge in [0, 0.05) is 45.3 Å². The molecule has 3 N–H and O–H groups in total. The fourth-order valence-electron chi connectivity index (χ4n) is 2.33. The molecule has 0 aliphatic carbocycles. The van der Waals surface area contributed by atoms with Gasteiger partial charge in [-0.05, 0) is 24.3 Å². The zero-order chi connectivity index (χ0) is 14.8. The monoisotopic (exact) mass is 300 g/mol. The molecule has 2 rings (SSSR count). The Kier molecular flexibility index (Phi) is 4.33. The Hall–Kier alpha value is -1.15. The van der Waals surface area contributed by atoms with Crippen LogP contribution in [-0.4, -0.2) is 45.9 Å². The van der Waals surface area contributed by atoms with Crippen molar-refractivity contribution in [1.29, 1.82) is 0 Å². The van der Waals surface area contributed by atoms with Gasteiger partial charge in [-0.3, -0.25) is 0 Å². The minimum absolute atomic E-state index is 0.0828. The van der Waals surface area contributed by atoms with Crippen LogP contribution < -0.4 is 10.0 Å². The molecule has 0 spiro atoms. The zero-order valence-corrected chi connectivity index (χ0v) is 12.3. The van der Waals surface area contributed by atoms with Crippen molar-refractivity contribution in [1.82, 2.24) is 0 Å². The number of rotatable bonds is 4. The van der Waals surface area contributed by atoms with Crippen LogP contribution in [0.1, 0.15) is 12.8 Å². The van der Waals surface area contributed by atoms with Gasteiger partial charge in [-0.1, -0.05) is 0 Å². The Morgan fingerprint density at radius 2 is 1.85 bits per heavy atom. The molecule has 7 heteroatoms. The molecular weight excluding hydrogens is 280 g/mol. The van der Waals surface area contributed by atoms with Gasteiger partial charge in [0.2, 0.25) is 10.0 Å². The summed E-state index contributed by atoms with van der Waals surface area (Å²) in [5.74, 6) is 0. The van der Waals surface area contributed by atoms with Crippen molar-refractivity contribution >= 4 is 15.7 Å². The molecule has 1 aromatic carbocycles. The highest BCUT2D eigenvalue weighted by molar-refractivity contribution is 7.89. The van der Waals surface area contributed by atoms with Crippen molar-refractivity contribution in [2.24, 2.45) is 5.14 Å². The van der Waals surface area contributed by atoms with Crippen LogP contribution in [0.15, 0.2) is 29.2 Å². The first-order valence-corrected chi connectivity index (χ1v) is 7.99. The SMILES string of the molecule is CN(CC1(O)CCOCC1)c1ccc(S(N)(=O)=O)cc1. The molecule has 1 heterocycles. The van der Waals surface area contributed by atoms with Crippen LogP contribution in [-0.2, 0) is 14.8 Å². The minimum atomic E-state index is -3.67. The second-order valence-corrected chi connectivity index (χ2v) is 6.79. The number of sulfonamides is 1. The lowest BCUT2D eigenvalue weighted by Crippen LogP contribution is -2.45. The van der Waals surface area contributed by atoms with E-state index in [1.807, 2.05) is 11.9 Å². The molecule has 0 unspecified atom stereocenters. The molecule has 0 amide bonds. The van der Waals surface area contributed by atoms with Crippen LogP contribution >= 0.6 is 0 Å². The van der Waals surface area contributed by atoms with Gasteiger partial charge in [-0.25, -0.2) is 13.6 Å². The van der Waals surface area contributed by atoms with Crippen molar-refractivity contribution in [3.05, 3.63) is 24.3 Å². The maximum absolute atomic E-state index is 11.2. The van der Waals surface area contributed by atoms with Crippen molar-refractivity contribution < 1.29 is 18.3 Å². The van der Waals surface area contributed by atoms with E-state index in [9.17, 15) is 13.5 Å². The quantitative estimate of drug-likeness (QED) is 0.835. The third-order valence-corrected chi connectivity index (χ3v) is 4.49. The van der Waals surface area contributed by atoms with Gasteiger partial charge in [-0.2, -0.15) is 0 Å². The molecule has 112 valence electrons. The summed E-state index contributed by atoms with van der Waals surface area (Å²) in [7, 11) is -1.81. The van der Waals surface area contributed by atoms with Crippen molar-refractivity contribution in [2.75, 3.05) is 31.7 Å². The third-order valence-electron chi connectivity index (χ3n) is 3.56. The van der Waals surface area contributed by atoms with E-state index in [-0.39, 0.29) is 4.90 Å². The van der Waals surface area contributed by atoms with Crippen LogP contribution in [0.25, 0.3) is 0 Å². The Labute approximate surface area is 119 Å². The summed E-state index contributed by atoms with van der Waals surface area (Å²) in [6.07, 6.45) is 1.21. The second kappa shape index (κ2) is 5.69. The van der Waals surface area contributed by atoms with E-state index in [1.165, 1.54) is 12.1 Å². The lowest BCUT2D eigenvalue weighted by atomic mass is 9.94. The molecule has 20 heavy (non-hydrogen) atoms. The number of nitrogens with zero attached hydrogens (tertiary/aromatic N) is 1. The minimum Gasteiger partial charge on any atom is -0.388 e. The second-order valence-electron chi connectivity index (χ2n) is 5.23. The number of likely N-dealkylation sites (N-methyl/N-ethyl adjacent to an activating group) is 1. The topological polar surface area (TPSA) is 92.9 Å². The van der Waals surface area contributed by atoms with E-state index in [4.69, 9.17) is 9.88 Å². The van der Waals surface area contributed by atoms with E-state index in [1.54, 1.807) is 12.1 Å². The number of hydrogen-bond acceptors (Lipinski definition) is 5. The summed E-state index contributed by atoms with van der Waals surface area (Å²) in [5.41, 5.74) is 0.0725. The standard InChI is InChI=1S/C13H20N2O4S/c1-15(10-13(16)6-8-19-9-7-13)11-2-4-12(5-3-11)20(14,17)18/h2-5,16H,6-10H2,1H3,(H2,14,17,18). The number of anilines is 1. The molecule has 0 aromatic heterocycles. The normalized spacial score (nSPS) is 18.8. The summed E-state index contributed by atoms with van der Waals surface area (Å²) in [6.45, 7) is 1.61. The Balaban J connectivity index is 2.07. The van der Waals surface area contributed by atoms with Gasteiger partial charge in [0.15, 0.2) is 0 Å². The van der Waals surface area contributed by atoms with Crippen LogP contribution in [0.2, 0.25) is 0 Å². The maximum Gasteiger partial charge on any atom is 0.238 e. The first-order valence-electron chi connectivity index (χ1n) is 6.44. The first kappa shape index (κ1) is 15.2. The number of ether oxygens (including phenoxy) is 1. The lowest BCUT2D eigenvalue weighted by Gasteiger charge is -2.36. The van der Waals surface area contributed by atoms with Crippen molar-refractivity contribution in [3.8, 4) is 0 Å². The van der Waals surface area contributed by atoms with E-state index in [0.717, 1.165) is 5.69 Å². The molecule has 1 saturated heterocycles. The van der Waals surface area contributed by atoms with Gasteiger partial charge in [0.05, 0.1) is 10.5 Å². The molecule has 0 atom stereocenters. The summed E-state index contributed by atoms with van der Waals surface area (Å²) < 4.78 is 27.6. The fraction of sp³-hybridized carbons (Fsp3) is 0.538. The summed E-state index contributed by atoms with van der Waals surface area (Å²) in [4.78, 5) is 1.98. The van der Waals surface area contributed by atoms with E-state index < -0.39 is 15.6 Å². The predicted molar refractivity (Wildman–Crippen MR) is 76.1 cm³/mol. The number of nitrogens with two attached hydrogens (primary N) is 1. The van der Waals surface area contributed by atoms with Crippen LogP contribution in [0, 0.1) is 0 Å². The number of aliphatic hydroxyl groups is 1. The smallest absolute Gasteiger partial charge is 0.238 e. The number of primary sulfonamides is 1. The molecule has 0 radical (unpaired) electrons. The lowest BCUT2D eigenvalue weighted by molar-refractivity contribution is -0.0572. The zero-order valence-electron chi connectivity index (χ0n) is 11.4. The highest BCUT2D eigenvalue weighted by Gasteiger charge is 2.31. The average Bonchev–Trinajstić information content (AvgIpc) is 2.38. The molecule has 1 fully saturated rings. The molecule has 6 nitrogen and oxygen atoms in total. The Morgan fingerprint density at radius 1 is 1.30 bits per heavy atom. The van der Waals surface area contributed by atoms with E-state index in [2.05, 4.69) is 0 Å². The van der Waals surface area contributed by atoms with Gasteiger partial charge in [0.1, 0.15) is 0 Å². The highest BCUT2D eigenvalue weighted by Crippen LogP contribution is 2.24. The van der Waals surface area contributed by atoms with E-state index in [0.29, 0.717) is 32.6 Å². The third kappa shape index (κ3) is 3.69. The Morgan fingerprint density at radius 3 is 2.35 bits per heavy atom. The molecule has 0 bridgehead atoms. The highest BCUT2D eigenvalue weighted by atomic mass is 32.2. The summed E-state index contributed by atoms with van der Waals surface area (Å²) in [5, 5.41) is 15.5. The fourth-order valence-corrected chi connectivity index (χ4v) is 2.85. The van der Waals surface area contributed by atoms with Crippen LogP contribution in [0.5, 0.6) is 0 Å². The summed E-state index contributed by atoms with van der Waals surface area (Å²) >= 11 is 0.